The molecule has 2 aliphatic rings. The lowest BCUT2D eigenvalue weighted by Gasteiger charge is -2.37. The van der Waals surface area contributed by atoms with Gasteiger partial charge in [0.1, 0.15) is 0 Å². The number of rotatable bonds is 4. The largest absolute Gasteiger partial charge is 0.338 e. The normalized spacial score (nSPS) is 21.2. The van der Waals surface area contributed by atoms with Gasteiger partial charge in [0.2, 0.25) is 17.7 Å². The smallest absolute Gasteiger partial charge is 0.234 e. The molecular weight excluding hydrogens is 412 g/mol. The first-order valence-corrected chi connectivity index (χ1v) is 11.1. The first-order valence-electron chi connectivity index (χ1n) is 10.7. The summed E-state index contributed by atoms with van der Waals surface area (Å²) < 4.78 is 0. The van der Waals surface area contributed by atoms with Crippen LogP contribution in [0.4, 0.5) is 0 Å². The Morgan fingerprint density at radius 3 is 2.52 bits per heavy atom. The number of halogens is 1. The van der Waals surface area contributed by atoms with Crippen LogP contribution < -0.4 is 5.32 Å². The second-order valence-electron chi connectivity index (χ2n) is 9.32. The molecule has 1 atom stereocenters. The van der Waals surface area contributed by atoms with Crippen LogP contribution in [0.2, 0.25) is 5.02 Å². The molecule has 31 heavy (non-hydrogen) atoms. The first kappa shape index (κ1) is 21.6. The summed E-state index contributed by atoms with van der Waals surface area (Å²) in [6, 6.07) is 13.7. The van der Waals surface area contributed by atoms with E-state index < -0.39 is 5.92 Å². The van der Waals surface area contributed by atoms with Gasteiger partial charge in [-0.15, -0.1) is 0 Å². The molecule has 0 aromatic heterocycles. The number of hydrogen-bond donors (Lipinski definition) is 1. The van der Waals surface area contributed by atoms with Crippen LogP contribution in [-0.2, 0) is 20.9 Å². The number of likely N-dealkylation sites (tertiary alicyclic amines) is 1. The lowest BCUT2D eigenvalue weighted by molar-refractivity contribution is -0.137. The highest BCUT2D eigenvalue weighted by Crippen LogP contribution is 2.37. The Balaban J connectivity index is 1.54. The van der Waals surface area contributed by atoms with E-state index in [9.17, 15) is 14.4 Å². The van der Waals surface area contributed by atoms with E-state index >= 15 is 0 Å². The van der Waals surface area contributed by atoms with Crippen LogP contribution in [0, 0.1) is 5.41 Å². The van der Waals surface area contributed by atoms with Gasteiger partial charge < -0.3 is 4.90 Å². The summed E-state index contributed by atoms with van der Waals surface area (Å²) in [5, 5.41) is 2.94. The zero-order valence-corrected chi connectivity index (χ0v) is 18.7. The van der Waals surface area contributed by atoms with Gasteiger partial charge in [0, 0.05) is 31.5 Å². The van der Waals surface area contributed by atoms with Gasteiger partial charge in [-0.25, -0.2) is 0 Å². The van der Waals surface area contributed by atoms with Crippen molar-refractivity contribution in [1.82, 2.24) is 10.2 Å². The van der Waals surface area contributed by atoms with Gasteiger partial charge in [-0.1, -0.05) is 67.9 Å². The van der Waals surface area contributed by atoms with Crippen LogP contribution in [0.25, 0.3) is 11.1 Å². The molecule has 2 heterocycles. The minimum absolute atomic E-state index is 0.151. The van der Waals surface area contributed by atoms with E-state index in [1.165, 1.54) is 0 Å². The average molecular weight is 439 g/mol. The molecule has 1 unspecified atom stereocenters. The van der Waals surface area contributed by atoms with E-state index in [0.717, 1.165) is 35.2 Å². The fraction of sp³-hybridized carbons (Fsp3) is 0.400. The van der Waals surface area contributed by atoms with Gasteiger partial charge >= 0.3 is 0 Å². The molecular formula is C25H27ClN2O3. The van der Waals surface area contributed by atoms with E-state index in [-0.39, 0.29) is 23.1 Å². The fourth-order valence-electron chi connectivity index (χ4n) is 4.47. The molecule has 3 amide bonds. The first-order chi connectivity index (χ1) is 14.7. The number of nitrogens with zero attached hydrogens (tertiary/aromatic N) is 1. The summed E-state index contributed by atoms with van der Waals surface area (Å²) in [7, 11) is 0. The molecule has 162 valence electrons. The average Bonchev–Trinajstić information content (AvgIpc) is 2.72. The number of benzene rings is 2. The topological polar surface area (TPSA) is 66.5 Å². The van der Waals surface area contributed by atoms with Crippen LogP contribution in [0.15, 0.2) is 42.5 Å². The number of hydrogen-bond acceptors (Lipinski definition) is 3. The lowest BCUT2D eigenvalue weighted by atomic mass is 9.83. The standard InChI is InChI=1S/C25H27ClN2O3/c1-25(2)13-12-22(30)28(15-25)14-16-6-8-17(9-7-16)18-4-3-5-19(23(18)26)20-10-11-21(29)27-24(20)31/h3-9,20H,10-15H2,1-2H3,(H,27,29,31). The molecule has 2 aromatic carbocycles. The van der Waals surface area contributed by atoms with Gasteiger partial charge in [-0.2, -0.15) is 0 Å². The minimum Gasteiger partial charge on any atom is -0.338 e. The molecule has 5 nitrogen and oxygen atoms in total. The van der Waals surface area contributed by atoms with Gasteiger partial charge in [-0.05, 0) is 34.9 Å². The number of carbonyl (C=O) groups is 3. The second kappa shape index (κ2) is 8.46. The molecule has 6 heteroatoms. The Kier molecular flexibility index (Phi) is 5.89. The Morgan fingerprint density at radius 1 is 1.06 bits per heavy atom. The van der Waals surface area contributed by atoms with Gasteiger partial charge in [0.05, 0.1) is 10.9 Å². The van der Waals surface area contributed by atoms with E-state index in [2.05, 4.69) is 19.2 Å². The van der Waals surface area contributed by atoms with Crippen LogP contribution >= 0.6 is 11.6 Å². The summed E-state index contributed by atoms with van der Waals surface area (Å²) in [6.07, 6.45) is 2.32. The monoisotopic (exact) mass is 438 g/mol. The molecule has 2 saturated heterocycles. The van der Waals surface area contributed by atoms with Gasteiger partial charge in [-0.3, -0.25) is 19.7 Å². The summed E-state index contributed by atoms with van der Waals surface area (Å²) in [5.41, 5.74) is 3.78. The quantitative estimate of drug-likeness (QED) is 0.705. The number of amides is 3. The molecule has 0 saturated carbocycles. The third kappa shape index (κ3) is 4.67. The maximum atomic E-state index is 12.3. The van der Waals surface area contributed by atoms with Crippen molar-refractivity contribution in [2.24, 2.45) is 5.41 Å². The summed E-state index contributed by atoms with van der Waals surface area (Å²) in [4.78, 5) is 38.0. The number of nitrogens with one attached hydrogen (secondary N) is 1. The van der Waals surface area contributed by atoms with Gasteiger partial charge in [0.15, 0.2) is 0 Å². The Labute approximate surface area is 187 Å². The molecule has 1 N–H and O–H groups in total. The molecule has 2 aliphatic heterocycles. The SMILES string of the molecule is CC1(C)CCC(=O)N(Cc2ccc(-c3cccc(C4CCC(=O)NC4=O)c3Cl)cc2)C1. The maximum absolute atomic E-state index is 12.3. The van der Waals surface area contributed by atoms with Crippen molar-refractivity contribution in [2.45, 2.75) is 52.0 Å². The predicted molar refractivity (Wildman–Crippen MR) is 120 cm³/mol. The number of piperidine rings is 2. The van der Waals surface area contributed by atoms with Crippen molar-refractivity contribution >= 4 is 29.3 Å². The van der Waals surface area contributed by atoms with Crippen LogP contribution in [0.1, 0.15) is 56.6 Å². The maximum Gasteiger partial charge on any atom is 0.234 e. The highest BCUT2D eigenvalue weighted by atomic mass is 35.5. The van der Waals surface area contributed by atoms with E-state index in [4.69, 9.17) is 11.6 Å². The number of imide groups is 1. The van der Waals surface area contributed by atoms with Crippen molar-refractivity contribution < 1.29 is 14.4 Å². The van der Waals surface area contributed by atoms with Crippen LogP contribution in [0.5, 0.6) is 0 Å². The van der Waals surface area contributed by atoms with Crippen molar-refractivity contribution in [3.8, 4) is 11.1 Å². The molecule has 0 spiro atoms. The summed E-state index contributed by atoms with van der Waals surface area (Å²) >= 11 is 6.71. The molecule has 0 aliphatic carbocycles. The lowest BCUT2D eigenvalue weighted by Crippen LogP contribution is -2.43. The second-order valence-corrected chi connectivity index (χ2v) is 9.70. The Hall–Kier alpha value is -2.66. The zero-order chi connectivity index (χ0) is 22.2. The van der Waals surface area contributed by atoms with Crippen molar-refractivity contribution in [2.75, 3.05) is 6.54 Å². The van der Waals surface area contributed by atoms with E-state index in [1.807, 2.05) is 47.4 Å². The highest BCUT2D eigenvalue weighted by molar-refractivity contribution is 6.34. The third-order valence-corrected chi connectivity index (χ3v) is 6.69. The Morgan fingerprint density at radius 2 is 1.81 bits per heavy atom. The van der Waals surface area contributed by atoms with Crippen LogP contribution in [-0.4, -0.2) is 29.2 Å². The summed E-state index contributed by atoms with van der Waals surface area (Å²) in [6.45, 7) is 5.78. The zero-order valence-electron chi connectivity index (χ0n) is 17.9. The van der Waals surface area contributed by atoms with Crippen molar-refractivity contribution in [1.29, 1.82) is 0 Å². The third-order valence-electron chi connectivity index (χ3n) is 6.27. The Bertz CT molecular complexity index is 1030. The number of carbonyl (C=O) groups excluding carboxylic acids is 3. The molecule has 4 rings (SSSR count). The molecule has 2 aromatic rings. The minimum atomic E-state index is -0.419. The molecule has 0 bridgehead atoms. The van der Waals surface area contributed by atoms with Crippen molar-refractivity contribution in [3.05, 3.63) is 58.6 Å². The van der Waals surface area contributed by atoms with Gasteiger partial charge in [0.25, 0.3) is 0 Å². The van der Waals surface area contributed by atoms with Crippen molar-refractivity contribution in [3.63, 3.8) is 0 Å². The predicted octanol–water partition coefficient (Wildman–Crippen LogP) is 4.68. The van der Waals surface area contributed by atoms with E-state index in [0.29, 0.717) is 30.8 Å². The highest BCUT2D eigenvalue weighted by Gasteiger charge is 2.31. The summed E-state index contributed by atoms with van der Waals surface area (Å²) in [5.74, 6) is -0.735. The molecule has 2 fully saturated rings. The molecule has 0 radical (unpaired) electrons. The van der Waals surface area contributed by atoms with Crippen LogP contribution in [0.3, 0.4) is 0 Å². The van der Waals surface area contributed by atoms with E-state index in [1.54, 1.807) is 0 Å². The fourth-order valence-corrected chi connectivity index (χ4v) is 4.84.